The normalized spacial score (nSPS) is 13.6. The lowest BCUT2D eigenvalue weighted by molar-refractivity contribution is -0.116. The fourth-order valence-electron chi connectivity index (χ4n) is 3.10. The molecule has 0 spiro atoms. The molecule has 2 aromatic rings. The van der Waals surface area contributed by atoms with Crippen LogP contribution in [0.15, 0.2) is 48.5 Å². The summed E-state index contributed by atoms with van der Waals surface area (Å²) in [5, 5.41) is 5.75. The molecule has 0 aromatic heterocycles. The molecule has 1 aliphatic heterocycles. The van der Waals surface area contributed by atoms with Crippen molar-refractivity contribution < 1.29 is 9.59 Å². The van der Waals surface area contributed by atoms with Gasteiger partial charge in [-0.2, -0.15) is 0 Å². The quantitative estimate of drug-likeness (QED) is 0.879. The van der Waals surface area contributed by atoms with Gasteiger partial charge in [0, 0.05) is 25.7 Å². The van der Waals surface area contributed by atoms with Gasteiger partial charge in [-0.3, -0.25) is 9.59 Å². The van der Waals surface area contributed by atoms with Gasteiger partial charge in [0.2, 0.25) is 11.8 Å². The second kappa shape index (κ2) is 7.83. The van der Waals surface area contributed by atoms with Gasteiger partial charge in [-0.25, -0.2) is 0 Å². The van der Waals surface area contributed by atoms with E-state index in [1.165, 1.54) is 19.8 Å². The van der Waals surface area contributed by atoms with Gasteiger partial charge in [0.05, 0.1) is 17.8 Å². The van der Waals surface area contributed by atoms with E-state index in [1.54, 1.807) is 0 Å². The molecule has 2 N–H and O–H groups in total. The van der Waals surface area contributed by atoms with Crippen molar-refractivity contribution in [1.82, 2.24) is 0 Å². The first kappa shape index (κ1) is 17.0. The van der Waals surface area contributed by atoms with Crippen LogP contribution in [0.1, 0.15) is 25.3 Å². The topological polar surface area (TPSA) is 61.4 Å². The number of hydrogen-bond donors (Lipinski definition) is 2. The number of nitrogens with zero attached hydrogens (tertiary/aromatic N) is 1. The van der Waals surface area contributed by atoms with Crippen LogP contribution in [0.4, 0.5) is 17.1 Å². The third-order valence-electron chi connectivity index (χ3n) is 4.26. The number of carbonyl (C=O) groups is 2. The Hall–Kier alpha value is -2.82. The van der Waals surface area contributed by atoms with Crippen LogP contribution in [-0.2, 0) is 16.0 Å². The van der Waals surface area contributed by atoms with Crippen LogP contribution < -0.4 is 15.5 Å². The van der Waals surface area contributed by atoms with Gasteiger partial charge < -0.3 is 15.5 Å². The molecule has 1 aliphatic rings. The first-order valence-corrected chi connectivity index (χ1v) is 8.62. The van der Waals surface area contributed by atoms with Gasteiger partial charge in [0.15, 0.2) is 0 Å². The Morgan fingerprint density at radius 1 is 0.960 bits per heavy atom. The number of rotatable bonds is 5. The van der Waals surface area contributed by atoms with Crippen molar-refractivity contribution in [2.75, 3.05) is 28.6 Å². The van der Waals surface area contributed by atoms with Gasteiger partial charge in [0.1, 0.15) is 0 Å². The van der Waals surface area contributed by atoms with E-state index in [0.29, 0.717) is 6.42 Å². The molecule has 0 unspecified atom stereocenters. The van der Waals surface area contributed by atoms with Crippen molar-refractivity contribution >= 4 is 28.9 Å². The first-order valence-electron chi connectivity index (χ1n) is 8.62. The monoisotopic (exact) mass is 337 g/mol. The summed E-state index contributed by atoms with van der Waals surface area (Å²) in [5.74, 6) is -0.150. The number of carbonyl (C=O) groups excluding carboxylic acids is 2. The van der Waals surface area contributed by atoms with Gasteiger partial charge >= 0.3 is 0 Å². The second-order valence-electron chi connectivity index (χ2n) is 6.31. The zero-order chi connectivity index (χ0) is 17.6. The smallest absolute Gasteiger partial charge is 0.228 e. The molecule has 0 saturated carbocycles. The summed E-state index contributed by atoms with van der Waals surface area (Å²) >= 11 is 0. The van der Waals surface area contributed by atoms with Crippen molar-refractivity contribution in [3.63, 3.8) is 0 Å². The van der Waals surface area contributed by atoms with Crippen LogP contribution in [0, 0.1) is 0 Å². The highest BCUT2D eigenvalue weighted by Crippen LogP contribution is 2.28. The summed E-state index contributed by atoms with van der Waals surface area (Å²) in [4.78, 5) is 25.8. The third-order valence-corrected chi connectivity index (χ3v) is 4.26. The molecule has 1 heterocycles. The molecule has 25 heavy (non-hydrogen) atoms. The maximum Gasteiger partial charge on any atom is 0.228 e. The zero-order valence-corrected chi connectivity index (χ0v) is 14.4. The highest BCUT2D eigenvalue weighted by Gasteiger charge is 2.16. The summed E-state index contributed by atoms with van der Waals surface area (Å²) in [6.07, 6.45) is 2.69. The Bertz CT molecular complexity index is 750. The lowest BCUT2D eigenvalue weighted by Gasteiger charge is -2.21. The fourth-order valence-corrected chi connectivity index (χ4v) is 3.10. The molecule has 5 nitrogen and oxygen atoms in total. The summed E-state index contributed by atoms with van der Waals surface area (Å²) in [6.45, 7) is 3.55. The van der Waals surface area contributed by atoms with Crippen molar-refractivity contribution in [2.24, 2.45) is 0 Å². The molecule has 1 fully saturated rings. The molecule has 2 amide bonds. The fraction of sp³-hybridized carbons (Fsp3) is 0.300. The number of amides is 2. The molecular weight excluding hydrogens is 314 g/mol. The van der Waals surface area contributed by atoms with E-state index in [9.17, 15) is 9.59 Å². The van der Waals surface area contributed by atoms with E-state index in [2.05, 4.69) is 21.6 Å². The molecule has 3 rings (SSSR count). The van der Waals surface area contributed by atoms with Gasteiger partial charge in [-0.15, -0.1) is 0 Å². The molecular formula is C20H23N3O2. The summed E-state index contributed by atoms with van der Waals surface area (Å²) in [5.41, 5.74) is 3.60. The van der Waals surface area contributed by atoms with Crippen molar-refractivity contribution in [1.29, 1.82) is 0 Å². The largest absolute Gasteiger partial charge is 0.370 e. The lowest BCUT2D eigenvalue weighted by Crippen LogP contribution is -2.21. The number of nitrogens with one attached hydrogen (secondary N) is 2. The summed E-state index contributed by atoms with van der Waals surface area (Å²) in [6, 6.07) is 15.3. The van der Waals surface area contributed by atoms with E-state index in [1.807, 2.05) is 42.5 Å². The van der Waals surface area contributed by atoms with Crippen LogP contribution in [-0.4, -0.2) is 24.9 Å². The second-order valence-corrected chi connectivity index (χ2v) is 6.31. The zero-order valence-electron chi connectivity index (χ0n) is 14.4. The standard InChI is InChI=1S/C20H23N3O2/c1-15(24)21-17-10-8-16(9-11-17)14-20(25)22-18-6-2-3-7-19(18)23-12-4-5-13-23/h2-3,6-11H,4-5,12-14H2,1H3,(H,21,24)(H,22,25). The number of hydrogen-bond acceptors (Lipinski definition) is 3. The maximum absolute atomic E-state index is 12.4. The lowest BCUT2D eigenvalue weighted by atomic mass is 10.1. The highest BCUT2D eigenvalue weighted by molar-refractivity contribution is 5.95. The minimum Gasteiger partial charge on any atom is -0.370 e. The highest BCUT2D eigenvalue weighted by atomic mass is 16.2. The Morgan fingerprint density at radius 3 is 2.32 bits per heavy atom. The van der Waals surface area contributed by atoms with Crippen molar-refractivity contribution in [3.05, 3.63) is 54.1 Å². The Morgan fingerprint density at radius 2 is 1.64 bits per heavy atom. The molecule has 0 radical (unpaired) electrons. The minimum absolute atomic E-state index is 0.0427. The van der Waals surface area contributed by atoms with Crippen molar-refractivity contribution in [2.45, 2.75) is 26.2 Å². The van der Waals surface area contributed by atoms with E-state index < -0.39 is 0 Å². The SMILES string of the molecule is CC(=O)Nc1ccc(CC(=O)Nc2ccccc2N2CCCC2)cc1. The predicted molar refractivity (Wildman–Crippen MR) is 101 cm³/mol. The Labute approximate surface area is 148 Å². The van der Waals surface area contributed by atoms with Crippen LogP contribution in [0.25, 0.3) is 0 Å². The summed E-state index contributed by atoms with van der Waals surface area (Å²) < 4.78 is 0. The molecule has 0 atom stereocenters. The molecule has 2 aromatic carbocycles. The first-order chi connectivity index (χ1) is 12.1. The third kappa shape index (κ3) is 4.59. The van der Waals surface area contributed by atoms with E-state index in [4.69, 9.17) is 0 Å². The molecule has 130 valence electrons. The number of anilines is 3. The predicted octanol–water partition coefficient (Wildman–Crippen LogP) is 3.43. The van der Waals surface area contributed by atoms with E-state index in [0.717, 1.165) is 35.7 Å². The minimum atomic E-state index is -0.107. The van der Waals surface area contributed by atoms with Crippen molar-refractivity contribution in [3.8, 4) is 0 Å². The van der Waals surface area contributed by atoms with Crippen LogP contribution in [0.5, 0.6) is 0 Å². The number of benzene rings is 2. The average molecular weight is 337 g/mol. The molecule has 1 saturated heterocycles. The van der Waals surface area contributed by atoms with E-state index >= 15 is 0 Å². The van der Waals surface area contributed by atoms with Crippen LogP contribution in [0.3, 0.4) is 0 Å². The molecule has 5 heteroatoms. The number of para-hydroxylation sites is 2. The molecule has 0 aliphatic carbocycles. The molecule has 0 bridgehead atoms. The van der Waals surface area contributed by atoms with Gasteiger partial charge in [0.25, 0.3) is 0 Å². The summed E-state index contributed by atoms with van der Waals surface area (Å²) in [7, 11) is 0. The van der Waals surface area contributed by atoms with Crippen LogP contribution in [0.2, 0.25) is 0 Å². The van der Waals surface area contributed by atoms with Gasteiger partial charge in [-0.1, -0.05) is 24.3 Å². The van der Waals surface area contributed by atoms with E-state index in [-0.39, 0.29) is 11.8 Å². The average Bonchev–Trinajstić information content (AvgIpc) is 3.11. The van der Waals surface area contributed by atoms with Gasteiger partial charge in [-0.05, 0) is 42.7 Å². The van der Waals surface area contributed by atoms with Crippen LogP contribution >= 0.6 is 0 Å². The Balaban J connectivity index is 1.64. The Kier molecular flexibility index (Phi) is 5.33. The maximum atomic E-state index is 12.4.